The molecule has 1 N–H and O–H groups in total. The van der Waals surface area contributed by atoms with Gasteiger partial charge in [0.15, 0.2) is 11.6 Å². The van der Waals surface area contributed by atoms with E-state index in [0.29, 0.717) is 11.3 Å². The van der Waals surface area contributed by atoms with Gasteiger partial charge in [-0.05, 0) is 30.7 Å². The zero-order chi connectivity index (χ0) is 15.6. The lowest BCUT2D eigenvalue weighted by Gasteiger charge is -2.08. The van der Waals surface area contributed by atoms with Crippen LogP contribution in [-0.2, 0) is 0 Å². The standard InChI is InChI=1S/C14H9F2NO3S/c1-3-20-12-8(15)4-7(5-10(12)17-2)11-6-9(16)13(21-11)14(18)19/h4-6H,3H2,1H3,(H,18,19). The minimum atomic E-state index is -1.39. The molecule has 7 heteroatoms. The minimum absolute atomic E-state index is 0.0440. The number of aromatic carboxylic acids is 1. The van der Waals surface area contributed by atoms with E-state index in [1.54, 1.807) is 6.92 Å². The zero-order valence-electron chi connectivity index (χ0n) is 10.8. The lowest BCUT2D eigenvalue weighted by atomic mass is 10.1. The fraction of sp³-hybridized carbons (Fsp3) is 0.143. The van der Waals surface area contributed by atoms with Crippen LogP contribution in [0.5, 0.6) is 5.75 Å². The molecule has 0 unspecified atom stereocenters. The fourth-order valence-electron chi connectivity index (χ4n) is 1.75. The number of halogens is 2. The van der Waals surface area contributed by atoms with Gasteiger partial charge in [-0.25, -0.2) is 18.4 Å². The largest absolute Gasteiger partial charge is 0.502 e. The van der Waals surface area contributed by atoms with Crippen LogP contribution in [-0.4, -0.2) is 17.7 Å². The Labute approximate surface area is 123 Å². The highest BCUT2D eigenvalue weighted by molar-refractivity contribution is 7.17. The van der Waals surface area contributed by atoms with Gasteiger partial charge in [0, 0.05) is 4.88 Å². The number of hydrogen-bond donors (Lipinski definition) is 1. The third kappa shape index (κ3) is 2.85. The Morgan fingerprint density at radius 2 is 2.10 bits per heavy atom. The molecule has 4 nitrogen and oxygen atoms in total. The topological polar surface area (TPSA) is 50.9 Å². The van der Waals surface area contributed by atoms with Crippen LogP contribution < -0.4 is 4.74 Å². The second-order valence-corrected chi connectivity index (χ2v) is 5.00. The van der Waals surface area contributed by atoms with E-state index in [0.717, 1.165) is 12.1 Å². The third-order valence-electron chi connectivity index (χ3n) is 2.60. The lowest BCUT2D eigenvalue weighted by molar-refractivity contribution is 0.0697. The summed E-state index contributed by atoms with van der Waals surface area (Å²) < 4.78 is 32.5. The molecule has 1 aromatic heterocycles. The Kier molecular flexibility index (Phi) is 4.19. The smallest absolute Gasteiger partial charge is 0.348 e. The third-order valence-corrected chi connectivity index (χ3v) is 3.75. The van der Waals surface area contributed by atoms with E-state index in [2.05, 4.69) is 4.85 Å². The summed E-state index contributed by atoms with van der Waals surface area (Å²) in [4.78, 5) is 13.8. The van der Waals surface area contributed by atoms with Crippen LogP contribution in [0.1, 0.15) is 16.6 Å². The predicted octanol–water partition coefficient (Wildman–Crippen LogP) is 4.34. The highest BCUT2D eigenvalue weighted by Crippen LogP contribution is 2.38. The molecule has 1 aromatic carbocycles. The normalized spacial score (nSPS) is 10.2. The van der Waals surface area contributed by atoms with E-state index in [4.69, 9.17) is 16.4 Å². The van der Waals surface area contributed by atoms with Gasteiger partial charge < -0.3 is 9.84 Å². The van der Waals surface area contributed by atoms with E-state index < -0.39 is 22.5 Å². The average Bonchev–Trinajstić information content (AvgIpc) is 2.83. The van der Waals surface area contributed by atoms with Crippen molar-refractivity contribution in [2.75, 3.05) is 6.61 Å². The number of ether oxygens (including phenoxy) is 1. The summed E-state index contributed by atoms with van der Waals surface area (Å²) in [6.45, 7) is 8.91. The molecule has 0 aliphatic rings. The Morgan fingerprint density at radius 3 is 2.62 bits per heavy atom. The molecule has 0 atom stereocenters. The molecular weight excluding hydrogens is 300 g/mol. The van der Waals surface area contributed by atoms with Gasteiger partial charge in [-0.3, -0.25) is 0 Å². The van der Waals surface area contributed by atoms with Gasteiger partial charge in [-0.2, -0.15) is 0 Å². The van der Waals surface area contributed by atoms with Crippen LogP contribution in [0.3, 0.4) is 0 Å². The van der Waals surface area contributed by atoms with Crippen molar-refractivity contribution in [1.82, 2.24) is 0 Å². The Bertz CT molecular complexity index is 749. The van der Waals surface area contributed by atoms with Crippen molar-refractivity contribution in [1.29, 1.82) is 0 Å². The molecule has 0 saturated heterocycles. The minimum Gasteiger partial charge on any atom is -0.502 e. The quantitative estimate of drug-likeness (QED) is 0.855. The van der Waals surface area contributed by atoms with Crippen LogP contribution in [0.25, 0.3) is 15.3 Å². The van der Waals surface area contributed by atoms with E-state index in [-0.39, 0.29) is 28.5 Å². The van der Waals surface area contributed by atoms with Crippen LogP contribution in [0, 0.1) is 18.2 Å². The summed E-state index contributed by atoms with van der Waals surface area (Å²) in [5, 5.41) is 8.82. The van der Waals surface area contributed by atoms with Gasteiger partial charge in [-0.15, -0.1) is 11.3 Å². The molecule has 1 heterocycles. The van der Waals surface area contributed by atoms with Gasteiger partial charge in [0.25, 0.3) is 0 Å². The molecule has 0 bridgehead atoms. The van der Waals surface area contributed by atoms with Gasteiger partial charge in [-0.1, -0.05) is 0 Å². The summed E-state index contributed by atoms with van der Waals surface area (Å²) in [6.07, 6.45) is 0. The highest BCUT2D eigenvalue weighted by atomic mass is 32.1. The molecule has 2 aromatic rings. The summed E-state index contributed by atoms with van der Waals surface area (Å²) in [5.41, 5.74) is 0.191. The summed E-state index contributed by atoms with van der Waals surface area (Å²) >= 11 is 0.683. The molecule has 0 aliphatic heterocycles. The molecule has 0 fully saturated rings. The highest BCUT2D eigenvalue weighted by Gasteiger charge is 2.19. The van der Waals surface area contributed by atoms with Crippen molar-refractivity contribution in [2.45, 2.75) is 6.92 Å². The molecular formula is C14H9F2NO3S. The molecule has 0 aliphatic carbocycles. The number of benzene rings is 1. The maximum Gasteiger partial charge on any atom is 0.348 e. The van der Waals surface area contributed by atoms with Crippen molar-refractivity contribution >= 4 is 23.0 Å². The maximum atomic E-state index is 14.0. The lowest BCUT2D eigenvalue weighted by Crippen LogP contribution is -1.95. The number of carboxylic acid groups (broad SMARTS) is 1. The van der Waals surface area contributed by atoms with Crippen LogP contribution in [0.2, 0.25) is 0 Å². The van der Waals surface area contributed by atoms with Crippen LogP contribution in [0.4, 0.5) is 14.5 Å². The second kappa shape index (κ2) is 5.89. The van der Waals surface area contributed by atoms with Crippen molar-refractivity contribution in [3.8, 4) is 16.2 Å². The molecule has 108 valence electrons. The number of carboxylic acids is 1. The molecule has 2 rings (SSSR count). The van der Waals surface area contributed by atoms with Gasteiger partial charge >= 0.3 is 5.97 Å². The first-order chi connectivity index (χ1) is 9.97. The van der Waals surface area contributed by atoms with E-state index >= 15 is 0 Å². The van der Waals surface area contributed by atoms with E-state index in [1.165, 1.54) is 6.07 Å². The Balaban J connectivity index is 2.55. The average molecular weight is 309 g/mol. The maximum absolute atomic E-state index is 14.0. The van der Waals surface area contributed by atoms with Crippen molar-refractivity contribution in [2.24, 2.45) is 0 Å². The van der Waals surface area contributed by atoms with Crippen LogP contribution in [0.15, 0.2) is 18.2 Å². The zero-order valence-corrected chi connectivity index (χ0v) is 11.6. The summed E-state index contributed by atoms with van der Waals surface area (Å²) in [5.74, 6) is -3.18. The van der Waals surface area contributed by atoms with Crippen molar-refractivity contribution < 1.29 is 23.4 Å². The van der Waals surface area contributed by atoms with Crippen LogP contribution >= 0.6 is 11.3 Å². The Hall–Kier alpha value is -2.46. The van der Waals surface area contributed by atoms with Gasteiger partial charge in [0.1, 0.15) is 10.7 Å². The fourth-order valence-corrected chi connectivity index (χ4v) is 2.61. The first-order valence-electron chi connectivity index (χ1n) is 5.84. The summed E-state index contributed by atoms with van der Waals surface area (Å²) in [7, 11) is 0. The van der Waals surface area contributed by atoms with Gasteiger partial charge in [0.2, 0.25) is 5.69 Å². The number of nitrogens with zero attached hydrogens (tertiary/aromatic N) is 1. The second-order valence-electron chi connectivity index (χ2n) is 3.94. The predicted molar refractivity (Wildman–Crippen MR) is 74.1 cm³/mol. The van der Waals surface area contributed by atoms with E-state index in [9.17, 15) is 13.6 Å². The van der Waals surface area contributed by atoms with Crippen molar-refractivity contribution in [3.63, 3.8) is 0 Å². The van der Waals surface area contributed by atoms with Crippen molar-refractivity contribution in [3.05, 3.63) is 46.1 Å². The molecule has 0 amide bonds. The number of hydrogen-bond acceptors (Lipinski definition) is 3. The molecule has 0 radical (unpaired) electrons. The number of rotatable bonds is 4. The molecule has 0 spiro atoms. The SMILES string of the molecule is [C-]#[N+]c1cc(-c2cc(F)c(C(=O)O)s2)cc(F)c1OCC. The first kappa shape index (κ1) is 14.9. The number of carbonyl (C=O) groups is 1. The number of thiophene rings is 1. The van der Waals surface area contributed by atoms with Gasteiger partial charge in [0.05, 0.1) is 13.2 Å². The van der Waals surface area contributed by atoms with E-state index in [1.807, 2.05) is 0 Å². The first-order valence-corrected chi connectivity index (χ1v) is 6.66. The molecule has 21 heavy (non-hydrogen) atoms. The summed E-state index contributed by atoms with van der Waals surface area (Å²) in [6, 6.07) is 3.45. The monoisotopic (exact) mass is 309 g/mol. The molecule has 0 saturated carbocycles. The Morgan fingerprint density at radius 1 is 1.38 bits per heavy atom.